The number of hydrogen-bond donors (Lipinski definition) is 2. The summed E-state index contributed by atoms with van der Waals surface area (Å²) in [5, 5.41) is 10.9. The third-order valence-electron chi connectivity index (χ3n) is 6.92. The summed E-state index contributed by atoms with van der Waals surface area (Å²) >= 11 is 6.26. The van der Waals surface area contributed by atoms with Crippen LogP contribution in [0.2, 0.25) is 5.02 Å². The molecule has 3 heterocycles. The van der Waals surface area contributed by atoms with E-state index in [1.165, 1.54) is 18.5 Å². The van der Waals surface area contributed by atoms with Gasteiger partial charge in [0.2, 0.25) is 5.91 Å². The molecule has 0 spiro atoms. The van der Waals surface area contributed by atoms with Gasteiger partial charge < -0.3 is 9.88 Å². The Morgan fingerprint density at radius 2 is 2.00 bits per heavy atom. The number of nitrogens with one attached hydrogen (secondary N) is 2. The molecule has 0 unspecified atom stereocenters. The largest absolute Gasteiger partial charge is 0.340 e. The molecule has 1 aliphatic rings. The van der Waals surface area contributed by atoms with Crippen LogP contribution in [0.15, 0.2) is 79.1 Å². The van der Waals surface area contributed by atoms with Gasteiger partial charge in [0.25, 0.3) is 6.33 Å². The molecule has 5 aromatic rings. The van der Waals surface area contributed by atoms with Gasteiger partial charge in [-0.15, -0.1) is 4.68 Å². The Bertz CT molecular complexity index is 1620. The van der Waals surface area contributed by atoms with Crippen molar-refractivity contribution in [3.05, 3.63) is 107 Å². The van der Waals surface area contributed by atoms with Crippen LogP contribution in [0.1, 0.15) is 41.8 Å². The molecule has 8 nitrogen and oxygen atoms in total. The van der Waals surface area contributed by atoms with E-state index in [1.54, 1.807) is 35.0 Å². The van der Waals surface area contributed by atoms with E-state index >= 15 is 0 Å². The normalized spacial score (nSPS) is 17.9. The number of piperidine rings is 1. The Morgan fingerprint density at radius 1 is 1.13 bits per heavy atom. The molecule has 0 saturated carbocycles. The average Bonchev–Trinajstić information content (AvgIpc) is 3.62. The van der Waals surface area contributed by atoms with Gasteiger partial charge in [-0.05, 0) is 60.9 Å². The lowest BCUT2D eigenvalue weighted by Crippen LogP contribution is -2.41. The highest BCUT2D eigenvalue weighted by Gasteiger charge is 2.37. The SMILES string of the molecule is O=C(/C=C/c1cc(Cl)ccc1-[n+]1cnn[nH]1)N1CCC[C@@H](c2ccccc2)[C@H]1c1nc2ccc(F)cc2[nH]1. The lowest BCUT2D eigenvalue weighted by molar-refractivity contribution is -0.660. The highest BCUT2D eigenvalue weighted by atomic mass is 35.5. The minimum atomic E-state index is -0.344. The van der Waals surface area contributed by atoms with Gasteiger partial charge in [-0.1, -0.05) is 47.1 Å². The van der Waals surface area contributed by atoms with Gasteiger partial charge in [-0.2, -0.15) is 0 Å². The summed E-state index contributed by atoms with van der Waals surface area (Å²) in [6, 6.07) is 19.7. The smallest absolute Gasteiger partial charge is 0.293 e. The molecule has 190 valence electrons. The van der Waals surface area contributed by atoms with Crippen LogP contribution in [0.5, 0.6) is 0 Å². The summed E-state index contributed by atoms with van der Waals surface area (Å²) in [7, 11) is 0. The average molecular weight is 529 g/mol. The maximum absolute atomic E-state index is 13.9. The molecule has 1 aliphatic heterocycles. The molecule has 2 atom stereocenters. The van der Waals surface area contributed by atoms with Crippen molar-refractivity contribution in [3.63, 3.8) is 0 Å². The quantitative estimate of drug-likeness (QED) is 0.250. The number of imidazole rings is 1. The standard InChI is InChI=1S/C28H23ClFN7O/c29-20-9-12-25(37-17-31-34-35-37)19(15-20)8-13-26(38)36-14-4-7-22(18-5-2-1-3-6-18)27(36)28-32-23-11-10-21(30)16-24(23)33-28/h1-3,5-6,8-13,15-17,22,27H,4,7,14H2,(H,32,33)/p+1/b13-8+/t22-,27-/m0/s1. The van der Waals surface area contributed by atoms with Crippen molar-refractivity contribution in [2.45, 2.75) is 24.8 Å². The number of amides is 1. The van der Waals surface area contributed by atoms with Crippen molar-refractivity contribution in [2.75, 3.05) is 6.54 Å². The zero-order valence-corrected chi connectivity index (χ0v) is 21.0. The maximum atomic E-state index is 13.9. The number of tetrazole rings is 1. The Kier molecular flexibility index (Phi) is 6.43. The fourth-order valence-corrected chi connectivity index (χ4v) is 5.38. The molecule has 38 heavy (non-hydrogen) atoms. The number of nitrogens with zero attached hydrogens (tertiary/aromatic N) is 5. The molecular weight excluding hydrogens is 505 g/mol. The van der Waals surface area contributed by atoms with Crippen LogP contribution in [0.4, 0.5) is 4.39 Å². The van der Waals surface area contributed by atoms with E-state index < -0.39 is 0 Å². The molecule has 0 aliphatic carbocycles. The Hall–Kier alpha value is -4.37. The van der Waals surface area contributed by atoms with Crippen LogP contribution in [-0.2, 0) is 4.79 Å². The van der Waals surface area contributed by atoms with Crippen LogP contribution in [-0.4, -0.2) is 42.8 Å². The van der Waals surface area contributed by atoms with Crippen LogP contribution >= 0.6 is 11.6 Å². The Morgan fingerprint density at radius 3 is 2.82 bits per heavy atom. The number of H-pyrrole nitrogens is 2. The second-order valence-corrected chi connectivity index (χ2v) is 9.69. The first-order valence-electron chi connectivity index (χ1n) is 12.3. The lowest BCUT2D eigenvalue weighted by atomic mass is 9.83. The first-order chi connectivity index (χ1) is 18.6. The van der Waals surface area contributed by atoms with Gasteiger partial charge in [-0.25, -0.2) is 9.37 Å². The topological polar surface area (TPSA) is 94.4 Å². The Labute approximate surface area is 222 Å². The van der Waals surface area contributed by atoms with Crippen LogP contribution < -0.4 is 4.68 Å². The number of hydrogen-bond acceptors (Lipinski definition) is 4. The van der Waals surface area contributed by atoms with Gasteiger partial charge in [0, 0.05) is 29.1 Å². The fourth-order valence-electron chi connectivity index (χ4n) is 5.20. The van der Waals surface area contributed by atoms with Gasteiger partial charge in [0.15, 0.2) is 5.21 Å². The number of fused-ring (bicyclic) bond motifs is 1. The number of likely N-dealkylation sites (tertiary alicyclic amines) is 1. The Balaban J connectivity index is 1.38. The zero-order valence-electron chi connectivity index (χ0n) is 20.3. The number of benzene rings is 3. The molecule has 1 amide bonds. The summed E-state index contributed by atoms with van der Waals surface area (Å²) < 4.78 is 15.6. The van der Waals surface area contributed by atoms with Gasteiger partial charge in [-0.3, -0.25) is 4.79 Å². The summed E-state index contributed by atoms with van der Waals surface area (Å²) in [4.78, 5) is 23.7. The number of carbonyl (C=O) groups excluding carboxylic acids is 1. The number of halogens is 2. The molecule has 10 heteroatoms. The molecule has 1 fully saturated rings. The van der Waals surface area contributed by atoms with E-state index in [4.69, 9.17) is 16.6 Å². The molecule has 2 N–H and O–H groups in total. The van der Waals surface area contributed by atoms with E-state index in [9.17, 15) is 9.18 Å². The highest BCUT2D eigenvalue weighted by Crippen LogP contribution is 2.42. The van der Waals surface area contributed by atoms with Crippen LogP contribution in [0.3, 0.4) is 0 Å². The van der Waals surface area contributed by atoms with Crippen molar-refractivity contribution in [2.24, 2.45) is 0 Å². The van der Waals surface area contributed by atoms with E-state index in [1.807, 2.05) is 29.2 Å². The molecule has 3 aromatic carbocycles. The van der Waals surface area contributed by atoms with Crippen molar-refractivity contribution >= 4 is 34.6 Å². The van der Waals surface area contributed by atoms with Gasteiger partial charge in [0.05, 0.1) is 17.1 Å². The van der Waals surface area contributed by atoms with Crippen molar-refractivity contribution < 1.29 is 13.9 Å². The van der Waals surface area contributed by atoms with Crippen molar-refractivity contribution in [1.82, 2.24) is 30.4 Å². The second-order valence-electron chi connectivity index (χ2n) is 9.26. The predicted molar refractivity (Wildman–Crippen MR) is 141 cm³/mol. The minimum Gasteiger partial charge on any atom is -0.340 e. The molecule has 6 rings (SSSR count). The number of carbonyl (C=O) groups is 1. The highest BCUT2D eigenvalue weighted by molar-refractivity contribution is 6.30. The fraction of sp³-hybridized carbons (Fsp3) is 0.179. The number of aromatic amines is 2. The first-order valence-corrected chi connectivity index (χ1v) is 12.7. The van der Waals surface area contributed by atoms with E-state index in [-0.39, 0.29) is 23.7 Å². The molecule has 0 radical (unpaired) electrons. The van der Waals surface area contributed by atoms with Gasteiger partial charge in [0.1, 0.15) is 22.4 Å². The van der Waals surface area contributed by atoms with Crippen molar-refractivity contribution in [1.29, 1.82) is 0 Å². The van der Waals surface area contributed by atoms with E-state index in [0.717, 1.165) is 29.7 Å². The molecular formula is C28H24ClFN7O+. The first kappa shape index (κ1) is 24.0. The van der Waals surface area contributed by atoms with Crippen LogP contribution in [0, 0.1) is 5.82 Å². The number of rotatable bonds is 5. The number of aromatic nitrogens is 6. The third kappa shape index (κ3) is 4.68. The second kappa shape index (κ2) is 10.2. The summed E-state index contributed by atoms with van der Waals surface area (Å²) in [6.45, 7) is 0.574. The molecule has 0 bridgehead atoms. The molecule has 1 saturated heterocycles. The lowest BCUT2D eigenvalue weighted by Gasteiger charge is -2.40. The van der Waals surface area contributed by atoms with Crippen LogP contribution in [0.25, 0.3) is 22.8 Å². The van der Waals surface area contributed by atoms with Gasteiger partial charge >= 0.3 is 0 Å². The minimum absolute atomic E-state index is 0.0288. The molecule has 2 aromatic heterocycles. The maximum Gasteiger partial charge on any atom is 0.293 e. The van der Waals surface area contributed by atoms with Crippen molar-refractivity contribution in [3.8, 4) is 5.69 Å². The summed E-state index contributed by atoms with van der Waals surface area (Å²) in [5.41, 5.74) is 3.88. The zero-order chi connectivity index (χ0) is 26.1. The third-order valence-corrected chi connectivity index (χ3v) is 7.15. The summed E-state index contributed by atoms with van der Waals surface area (Å²) in [5.74, 6) is 0.180. The summed E-state index contributed by atoms with van der Waals surface area (Å²) in [6.07, 6.45) is 6.59. The monoisotopic (exact) mass is 528 g/mol. The predicted octanol–water partition coefficient (Wildman–Crippen LogP) is 4.91. The van der Waals surface area contributed by atoms with E-state index in [2.05, 4.69) is 32.6 Å². The van der Waals surface area contributed by atoms with E-state index in [0.29, 0.717) is 28.4 Å².